The summed E-state index contributed by atoms with van der Waals surface area (Å²) in [4.78, 5) is 32.3. The number of benzene rings is 2. The quantitative estimate of drug-likeness (QED) is 0.624. The Hall–Kier alpha value is -3.06. The van der Waals surface area contributed by atoms with Crippen LogP contribution < -0.4 is 10.1 Å². The lowest BCUT2D eigenvalue weighted by Gasteiger charge is -2.19. The molecule has 0 radical (unpaired) electrons. The van der Waals surface area contributed by atoms with Crippen LogP contribution in [0.2, 0.25) is 0 Å². The predicted octanol–water partition coefficient (Wildman–Crippen LogP) is 3.98. The number of carbonyl (C=O) groups excluding carboxylic acids is 2. The number of ether oxygens (including phenoxy) is 1. The van der Waals surface area contributed by atoms with Crippen molar-refractivity contribution in [3.8, 4) is 5.75 Å². The minimum atomic E-state index is -0.251. The SMILES string of the molecule is COc1ccc2cc(C(=O)N(C)CC(=O)Nc3ccccc3SC)c(C)nc2c1. The van der Waals surface area contributed by atoms with Gasteiger partial charge >= 0.3 is 0 Å². The van der Waals surface area contributed by atoms with Gasteiger partial charge in [0.05, 0.1) is 36.1 Å². The number of fused-ring (bicyclic) bond motifs is 1. The third-order valence-corrected chi connectivity index (χ3v) is 5.35. The monoisotopic (exact) mass is 409 g/mol. The number of rotatable bonds is 6. The Labute approximate surface area is 174 Å². The van der Waals surface area contributed by atoms with Crippen LogP contribution in [0.3, 0.4) is 0 Å². The van der Waals surface area contributed by atoms with E-state index < -0.39 is 0 Å². The summed E-state index contributed by atoms with van der Waals surface area (Å²) in [5.74, 6) is 0.210. The van der Waals surface area contributed by atoms with Gasteiger partial charge in [-0.2, -0.15) is 0 Å². The number of nitrogens with one attached hydrogen (secondary N) is 1. The van der Waals surface area contributed by atoms with Crippen molar-refractivity contribution in [2.24, 2.45) is 0 Å². The molecule has 29 heavy (non-hydrogen) atoms. The Balaban J connectivity index is 1.75. The molecule has 0 saturated heterocycles. The number of pyridine rings is 1. The first-order chi connectivity index (χ1) is 13.9. The second-order valence-corrected chi connectivity index (χ2v) is 7.44. The zero-order valence-corrected chi connectivity index (χ0v) is 17.7. The summed E-state index contributed by atoms with van der Waals surface area (Å²) in [6, 6.07) is 14.9. The van der Waals surface area contributed by atoms with Crippen molar-refractivity contribution in [1.29, 1.82) is 0 Å². The van der Waals surface area contributed by atoms with Crippen molar-refractivity contribution in [2.75, 3.05) is 32.3 Å². The number of hydrogen-bond donors (Lipinski definition) is 1. The van der Waals surface area contributed by atoms with Crippen molar-refractivity contribution in [1.82, 2.24) is 9.88 Å². The zero-order valence-electron chi connectivity index (χ0n) is 16.9. The lowest BCUT2D eigenvalue weighted by atomic mass is 10.1. The fourth-order valence-electron chi connectivity index (χ4n) is 3.02. The van der Waals surface area contributed by atoms with E-state index in [0.29, 0.717) is 17.0 Å². The fraction of sp³-hybridized carbons (Fsp3) is 0.227. The lowest BCUT2D eigenvalue weighted by Crippen LogP contribution is -2.35. The molecule has 0 aliphatic heterocycles. The Morgan fingerprint density at radius 1 is 1.17 bits per heavy atom. The van der Waals surface area contributed by atoms with Gasteiger partial charge in [0.2, 0.25) is 5.91 Å². The van der Waals surface area contributed by atoms with Crippen molar-refractivity contribution in [3.05, 3.63) is 59.8 Å². The van der Waals surface area contributed by atoms with Crippen molar-refractivity contribution < 1.29 is 14.3 Å². The van der Waals surface area contributed by atoms with Gasteiger partial charge in [0, 0.05) is 23.4 Å². The highest BCUT2D eigenvalue weighted by molar-refractivity contribution is 7.98. The molecule has 6 nitrogen and oxygen atoms in total. The second kappa shape index (κ2) is 8.96. The van der Waals surface area contributed by atoms with Gasteiger partial charge in [-0.25, -0.2) is 0 Å². The normalized spacial score (nSPS) is 10.6. The summed E-state index contributed by atoms with van der Waals surface area (Å²) < 4.78 is 5.23. The van der Waals surface area contributed by atoms with Crippen LogP contribution in [0.4, 0.5) is 5.69 Å². The number of nitrogens with zero attached hydrogens (tertiary/aromatic N) is 2. The van der Waals surface area contributed by atoms with E-state index in [4.69, 9.17) is 4.74 Å². The van der Waals surface area contributed by atoms with Gasteiger partial charge in [-0.05, 0) is 43.5 Å². The predicted molar refractivity (Wildman–Crippen MR) is 117 cm³/mol. The van der Waals surface area contributed by atoms with Crippen molar-refractivity contribution >= 4 is 40.2 Å². The molecule has 0 saturated carbocycles. The smallest absolute Gasteiger partial charge is 0.255 e. The maximum absolute atomic E-state index is 12.9. The molecule has 3 rings (SSSR count). The van der Waals surface area contributed by atoms with E-state index in [-0.39, 0.29) is 18.4 Å². The number of carbonyl (C=O) groups is 2. The summed E-state index contributed by atoms with van der Waals surface area (Å²) >= 11 is 1.55. The van der Waals surface area contributed by atoms with E-state index in [9.17, 15) is 9.59 Å². The third-order valence-electron chi connectivity index (χ3n) is 4.55. The highest BCUT2D eigenvalue weighted by atomic mass is 32.2. The molecule has 2 aromatic carbocycles. The number of para-hydroxylation sites is 1. The van der Waals surface area contributed by atoms with Crippen LogP contribution in [-0.4, -0.2) is 48.7 Å². The number of aromatic nitrogens is 1. The van der Waals surface area contributed by atoms with Crippen LogP contribution in [0.5, 0.6) is 5.75 Å². The van der Waals surface area contributed by atoms with E-state index in [1.165, 1.54) is 4.90 Å². The summed E-state index contributed by atoms with van der Waals surface area (Å²) in [5.41, 5.74) is 2.58. The average Bonchev–Trinajstić information content (AvgIpc) is 2.72. The summed E-state index contributed by atoms with van der Waals surface area (Å²) in [6.45, 7) is 1.73. The molecule has 1 N–H and O–H groups in total. The minimum Gasteiger partial charge on any atom is -0.497 e. The Bertz CT molecular complexity index is 1070. The van der Waals surface area contributed by atoms with E-state index in [1.54, 1.807) is 38.9 Å². The molecule has 0 bridgehead atoms. The molecule has 0 aliphatic rings. The first-order valence-corrected chi connectivity index (χ1v) is 10.3. The highest BCUT2D eigenvalue weighted by Gasteiger charge is 2.19. The van der Waals surface area contributed by atoms with Gasteiger partial charge in [0.15, 0.2) is 0 Å². The van der Waals surface area contributed by atoms with Gasteiger partial charge in [-0.3, -0.25) is 14.6 Å². The molecular formula is C22H23N3O3S. The van der Waals surface area contributed by atoms with Gasteiger partial charge in [0.1, 0.15) is 5.75 Å². The Morgan fingerprint density at radius 2 is 1.93 bits per heavy atom. The van der Waals surface area contributed by atoms with E-state index in [1.807, 2.05) is 48.7 Å². The Morgan fingerprint density at radius 3 is 2.66 bits per heavy atom. The number of likely N-dealkylation sites (N-methyl/N-ethyl adjacent to an activating group) is 1. The molecule has 150 valence electrons. The zero-order chi connectivity index (χ0) is 21.0. The molecule has 1 aromatic heterocycles. The van der Waals surface area contributed by atoms with Crippen LogP contribution in [0.1, 0.15) is 16.1 Å². The second-order valence-electron chi connectivity index (χ2n) is 6.59. The highest BCUT2D eigenvalue weighted by Crippen LogP contribution is 2.25. The van der Waals surface area contributed by atoms with Crippen molar-refractivity contribution in [3.63, 3.8) is 0 Å². The van der Waals surface area contributed by atoms with Crippen LogP contribution in [0.25, 0.3) is 10.9 Å². The van der Waals surface area contributed by atoms with Crippen LogP contribution in [0, 0.1) is 6.92 Å². The van der Waals surface area contributed by atoms with Crippen LogP contribution in [-0.2, 0) is 4.79 Å². The Kier molecular flexibility index (Phi) is 6.39. The number of hydrogen-bond acceptors (Lipinski definition) is 5. The first kappa shape index (κ1) is 20.7. The molecule has 0 aliphatic carbocycles. The molecule has 1 heterocycles. The van der Waals surface area contributed by atoms with E-state index in [2.05, 4.69) is 10.3 Å². The van der Waals surface area contributed by atoms with Gasteiger partial charge in [-0.15, -0.1) is 11.8 Å². The number of amides is 2. The molecule has 0 unspecified atom stereocenters. The number of aryl methyl sites for hydroxylation is 1. The molecule has 2 amide bonds. The summed E-state index contributed by atoms with van der Waals surface area (Å²) in [5, 5.41) is 3.71. The largest absolute Gasteiger partial charge is 0.497 e. The van der Waals surface area contributed by atoms with Crippen LogP contribution >= 0.6 is 11.8 Å². The summed E-state index contributed by atoms with van der Waals surface area (Å²) in [7, 11) is 3.21. The first-order valence-electron chi connectivity index (χ1n) is 9.06. The average molecular weight is 410 g/mol. The molecule has 0 spiro atoms. The maximum Gasteiger partial charge on any atom is 0.255 e. The topological polar surface area (TPSA) is 71.5 Å². The number of anilines is 1. The number of methoxy groups -OCH3 is 1. The third kappa shape index (κ3) is 4.68. The molecule has 0 fully saturated rings. The summed E-state index contributed by atoms with van der Waals surface area (Å²) in [6.07, 6.45) is 1.95. The fourth-order valence-corrected chi connectivity index (χ4v) is 3.57. The number of thioether (sulfide) groups is 1. The lowest BCUT2D eigenvalue weighted by molar-refractivity contribution is -0.116. The van der Waals surface area contributed by atoms with Gasteiger partial charge in [0.25, 0.3) is 5.91 Å². The molecular weight excluding hydrogens is 386 g/mol. The minimum absolute atomic E-state index is 0.0539. The van der Waals surface area contributed by atoms with Gasteiger partial charge < -0.3 is 15.0 Å². The maximum atomic E-state index is 12.9. The van der Waals surface area contributed by atoms with Gasteiger partial charge in [-0.1, -0.05) is 12.1 Å². The standard InChI is InChI=1S/C22H23N3O3S/c1-14-17(11-15-9-10-16(28-3)12-19(15)23-14)22(27)25(2)13-21(26)24-18-7-5-6-8-20(18)29-4/h5-12H,13H2,1-4H3,(H,24,26). The van der Waals surface area contributed by atoms with E-state index >= 15 is 0 Å². The molecule has 7 heteroatoms. The van der Waals surface area contributed by atoms with Crippen molar-refractivity contribution in [2.45, 2.75) is 11.8 Å². The molecule has 3 aromatic rings. The van der Waals surface area contributed by atoms with E-state index in [0.717, 1.165) is 21.5 Å². The van der Waals surface area contributed by atoms with Crippen LogP contribution in [0.15, 0.2) is 53.4 Å². The molecule has 0 atom stereocenters.